The summed E-state index contributed by atoms with van der Waals surface area (Å²) >= 11 is 0. The Labute approximate surface area is 310 Å². The Kier molecular flexibility index (Phi) is 18.2. The van der Waals surface area contributed by atoms with Crippen molar-refractivity contribution in [3.05, 3.63) is 35.9 Å². The van der Waals surface area contributed by atoms with Gasteiger partial charge < -0.3 is 40.7 Å². The van der Waals surface area contributed by atoms with Gasteiger partial charge in [0.25, 0.3) is 0 Å². The van der Waals surface area contributed by atoms with Crippen LogP contribution < -0.4 is 16.4 Å². The van der Waals surface area contributed by atoms with E-state index in [1.807, 2.05) is 58.0 Å². The molecule has 1 fully saturated rings. The Morgan fingerprint density at radius 3 is 2.12 bits per heavy atom. The van der Waals surface area contributed by atoms with Gasteiger partial charge in [-0.2, -0.15) is 0 Å². The number of primary amides is 1. The maximum absolute atomic E-state index is 14.1. The van der Waals surface area contributed by atoms with Gasteiger partial charge in [0.1, 0.15) is 18.1 Å². The first-order valence-corrected chi connectivity index (χ1v) is 18.4. The van der Waals surface area contributed by atoms with Crippen LogP contribution in [0.4, 0.5) is 0 Å². The molecule has 1 saturated heterocycles. The molecule has 0 bridgehead atoms. The van der Waals surface area contributed by atoms with Crippen LogP contribution in [0.25, 0.3) is 0 Å². The topological polar surface area (TPSA) is 184 Å². The summed E-state index contributed by atoms with van der Waals surface area (Å²) in [5, 5.41) is 15.4. The quantitative estimate of drug-likeness (QED) is 0.144. The molecule has 0 unspecified atom stereocenters. The highest BCUT2D eigenvalue weighted by Gasteiger charge is 2.43. The van der Waals surface area contributed by atoms with Gasteiger partial charge in [0, 0.05) is 34.2 Å². The number of hydrogen-bond donors (Lipinski definition) is 4. The summed E-state index contributed by atoms with van der Waals surface area (Å²) in [4.78, 5) is 71.9. The van der Waals surface area contributed by atoms with Crippen molar-refractivity contribution in [1.29, 1.82) is 0 Å². The van der Waals surface area contributed by atoms with E-state index in [0.717, 1.165) is 5.56 Å². The van der Waals surface area contributed by atoms with Crippen LogP contribution >= 0.6 is 0 Å². The van der Waals surface area contributed by atoms with E-state index in [-0.39, 0.29) is 36.5 Å². The van der Waals surface area contributed by atoms with E-state index in [9.17, 15) is 29.1 Å². The largest absolute Gasteiger partial charge is 0.394 e. The minimum absolute atomic E-state index is 0.0244. The predicted molar refractivity (Wildman–Crippen MR) is 199 cm³/mol. The summed E-state index contributed by atoms with van der Waals surface area (Å²) in [6.45, 7) is 9.47. The van der Waals surface area contributed by atoms with E-state index in [4.69, 9.17) is 15.2 Å². The Morgan fingerprint density at radius 1 is 0.981 bits per heavy atom. The maximum atomic E-state index is 14.1. The molecular formula is C38H64N6O8. The minimum Gasteiger partial charge on any atom is -0.394 e. The van der Waals surface area contributed by atoms with E-state index in [1.165, 1.54) is 14.2 Å². The van der Waals surface area contributed by atoms with Gasteiger partial charge in [0.05, 0.1) is 43.2 Å². The zero-order valence-electron chi connectivity index (χ0n) is 32.8. The smallest absolute Gasteiger partial charge is 0.245 e. The lowest BCUT2D eigenvalue weighted by Gasteiger charge is -2.41. The number of likely N-dealkylation sites (N-methyl/N-ethyl adjacent to an activating group) is 2. The summed E-state index contributed by atoms with van der Waals surface area (Å²) in [7, 11) is 8.06. The van der Waals surface area contributed by atoms with E-state index in [2.05, 4.69) is 10.6 Å². The second-order valence-electron chi connectivity index (χ2n) is 14.6. The third kappa shape index (κ3) is 11.7. The molecule has 9 atom stereocenters. The third-order valence-corrected chi connectivity index (χ3v) is 10.5. The fraction of sp³-hybridized carbons (Fsp3) is 0.711. The molecule has 294 valence electrons. The van der Waals surface area contributed by atoms with Crippen molar-refractivity contribution >= 4 is 29.5 Å². The first-order chi connectivity index (χ1) is 24.5. The van der Waals surface area contributed by atoms with E-state index >= 15 is 0 Å². The van der Waals surface area contributed by atoms with Crippen LogP contribution in [-0.2, 0) is 39.9 Å². The molecule has 1 aliphatic heterocycles. The number of carbonyl (C=O) groups excluding carboxylic acids is 5. The van der Waals surface area contributed by atoms with Gasteiger partial charge in [-0.1, -0.05) is 71.4 Å². The standard InChI is InChI=1S/C38H64N6O8/c1-11-24(4)33(43(8)38(50)32(23(2)3)41-37(49)29(22-45)42(6)7)30(51-9)21-31(46)44-19-15-18-28(44)34(52-10)25(5)36(48)40-27(35(39)47)20-26-16-13-12-14-17-26/h12-14,16-17,23-25,27-30,32-34,45H,11,15,18-22H2,1-10H3,(H2,39,47)(H,40,48)(H,41,49)/t24-,25+,27-,28-,29-,30+,32-,33-,34+/m0/s1. The van der Waals surface area contributed by atoms with Crippen molar-refractivity contribution in [2.75, 3.05) is 48.5 Å². The van der Waals surface area contributed by atoms with Crippen LogP contribution in [0.1, 0.15) is 65.9 Å². The number of nitrogens with zero attached hydrogens (tertiary/aromatic N) is 3. The highest BCUT2D eigenvalue weighted by atomic mass is 16.5. The summed E-state index contributed by atoms with van der Waals surface area (Å²) in [6, 6.07) is 5.77. The van der Waals surface area contributed by atoms with Crippen molar-refractivity contribution in [3.8, 4) is 0 Å². The third-order valence-electron chi connectivity index (χ3n) is 10.5. The van der Waals surface area contributed by atoms with Crippen molar-refractivity contribution < 1.29 is 38.6 Å². The highest BCUT2D eigenvalue weighted by Crippen LogP contribution is 2.29. The van der Waals surface area contributed by atoms with Crippen molar-refractivity contribution in [2.45, 2.75) is 109 Å². The first-order valence-electron chi connectivity index (χ1n) is 18.4. The molecule has 14 heteroatoms. The van der Waals surface area contributed by atoms with Crippen LogP contribution in [0.3, 0.4) is 0 Å². The van der Waals surface area contributed by atoms with Crippen molar-refractivity contribution in [3.63, 3.8) is 0 Å². The van der Waals surface area contributed by atoms with Gasteiger partial charge in [0.15, 0.2) is 0 Å². The average molecular weight is 733 g/mol. The number of amides is 5. The molecule has 52 heavy (non-hydrogen) atoms. The molecule has 0 saturated carbocycles. The van der Waals surface area contributed by atoms with Crippen LogP contribution in [0.5, 0.6) is 0 Å². The van der Waals surface area contributed by atoms with E-state index in [1.54, 1.807) is 42.8 Å². The predicted octanol–water partition coefficient (Wildman–Crippen LogP) is 1.18. The normalized spacial score (nSPS) is 19.2. The fourth-order valence-corrected chi connectivity index (χ4v) is 7.14. The van der Waals surface area contributed by atoms with E-state index in [0.29, 0.717) is 25.8 Å². The maximum Gasteiger partial charge on any atom is 0.245 e. The molecule has 0 aliphatic carbocycles. The van der Waals surface area contributed by atoms with Gasteiger partial charge in [-0.05, 0) is 44.3 Å². The summed E-state index contributed by atoms with van der Waals surface area (Å²) in [6.07, 6.45) is 0.916. The number of nitrogens with one attached hydrogen (secondary N) is 2. The Hall–Kier alpha value is -3.59. The number of rotatable bonds is 21. The fourth-order valence-electron chi connectivity index (χ4n) is 7.14. The number of nitrogens with two attached hydrogens (primary N) is 1. The lowest BCUT2D eigenvalue weighted by Crippen LogP contribution is -2.59. The Morgan fingerprint density at radius 2 is 1.62 bits per heavy atom. The molecule has 1 aromatic carbocycles. The number of ether oxygens (including phenoxy) is 2. The number of aliphatic hydroxyl groups excluding tert-OH is 1. The monoisotopic (exact) mass is 732 g/mol. The second-order valence-corrected chi connectivity index (χ2v) is 14.6. The number of carbonyl (C=O) groups is 5. The molecule has 0 radical (unpaired) electrons. The second kappa shape index (κ2) is 21.2. The Balaban J connectivity index is 2.26. The SMILES string of the molecule is CC[C@H](C)[C@@H]([C@@H](CC(=O)N1CCC[C@H]1[C@H](OC)[C@@H](C)C(=O)N[C@@H](Cc1ccccc1)C(N)=O)OC)N(C)C(=O)[C@@H](NC(=O)[C@H](CO)N(C)C)C(C)C. The zero-order chi connectivity index (χ0) is 39.3. The molecule has 1 aromatic rings. The number of hydrogen-bond acceptors (Lipinski definition) is 9. The first kappa shape index (κ1) is 44.6. The number of benzene rings is 1. The van der Waals surface area contributed by atoms with E-state index < -0.39 is 72.7 Å². The van der Waals surface area contributed by atoms with Crippen LogP contribution in [0.2, 0.25) is 0 Å². The number of aliphatic hydroxyl groups is 1. The van der Waals surface area contributed by atoms with Gasteiger partial charge in [0.2, 0.25) is 29.5 Å². The molecule has 0 aromatic heterocycles. The lowest BCUT2D eigenvalue weighted by atomic mass is 9.89. The lowest BCUT2D eigenvalue weighted by molar-refractivity contribution is -0.148. The molecule has 2 rings (SSSR count). The molecule has 5 amide bonds. The number of likely N-dealkylation sites (tertiary alicyclic amines) is 1. The van der Waals surface area contributed by atoms with Crippen LogP contribution in [0, 0.1) is 17.8 Å². The van der Waals surface area contributed by atoms with Crippen LogP contribution in [-0.4, -0.2) is 140 Å². The van der Waals surface area contributed by atoms with Crippen LogP contribution in [0.15, 0.2) is 30.3 Å². The van der Waals surface area contributed by atoms with Crippen molar-refractivity contribution in [1.82, 2.24) is 25.3 Å². The van der Waals surface area contributed by atoms with Crippen molar-refractivity contribution in [2.24, 2.45) is 23.5 Å². The number of methoxy groups -OCH3 is 2. The van der Waals surface area contributed by atoms with Gasteiger partial charge in [-0.3, -0.25) is 28.9 Å². The molecule has 1 heterocycles. The molecule has 0 spiro atoms. The summed E-state index contributed by atoms with van der Waals surface area (Å²) in [5.41, 5.74) is 6.51. The Bertz CT molecular complexity index is 1310. The van der Waals surface area contributed by atoms with Gasteiger partial charge in [-0.25, -0.2) is 0 Å². The molecule has 14 nitrogen and oxygen atoms in total. The zero-order valence-corrected chi connectivity index (χ0v) is 32.8. The minimum atomic E-state index is -0.913. The summed E-state index contributed by atoms with van der Waals surface area (Å²) < 4.78 is 11.8. The van der Waals surface area contributed by atoms with Gasteiger partial charge in [-0.15, -0.1) is 0 Å². The molecule has 5 N–H and O–H groups in total. The summed E-state index contributed by atoms with van der Waals surface area (Å²) in [5.74, 6) is -3.05. The average Bonchev–Trinajstić information content (AvgIpc) is 3.59. The highest BCUT2D eigenvalue weighted by molar-refractivity contribution is 5.90. The van der Waals surface area contributed by atoms with Gasteiger partial charge >= 0.3 is 0 Å². The molecule has 1 aliphatic rings. The molecular weight excluding hydrogens is 668 g/mol.